The van der Waals surface area contributed by atoms with Crippen LogP contribution in [0.25, 0.3) is 0 Å². The molecule has 7 heteroatoms. The summed E-state index contributed by atoms with van der Waals surface area (Å²) in [5.74, 6) is 0.661. The van der Waals surface area contributed by atoms with Gasteiger partial charge in [0.15, 0.2) is 0 Å². The third-order valence-corrected chi connectivity index (χ3v) is 6.32. The van der Waals surface area contributed by atoms with Crippen LogP contribution < -0.4 is 19.7 Å². The maximum atomic E-state index is 13.9. The van der Waals surface area contributed by atoms with Crippen molar-refractivity contribution in [3.05, 3.63) is 84.2 Å². The molecule has 1 aliphatic rings. The minimum absolute atomic E-state index is 0.0898. The molecule has 1 N–H and O–H groups in total. The maximum Gasteiger partial charge on any atom is 0.277 e. The number of ether oxygens (including phenoxy) is 2. The summed E-state index contributed by atoms with van der Waals surface area (Å²) >= 11 is 0. The van der Waals surface area contributed by atoms with E-state index in [-0.39, 0.29) is 23.6 Å². The number of carbonyl (C=O) groups is 2. The zero-order chi connectivity index (χ0) is 24.6. The van der Waals surface area contributed by atoms with E-state index in [1.54, 1.807) is 68.9 Å². The largest absolute Gasteiger partial charge is 0.497 e. The lowest BCUT2D eigenvalue weighted by molar-refractivity contribution is -0.123. The average Bonchev–Trinajstić information content (AvgIpc) is 2.92. The average molecular weight is 474 g/mol. The van der Waals surface area contributed by atoms with E-state index in [2.05, 4.69) is 10.3 Å². The summed E-state index contributed by atoms with van der Waals surface area (Å²) < 4.78 is 10.7. The van der Waals surface area contributed by atoms with Gasteiger partial charge in [-0.3, -0.25) is 19.5 Å². The van der Waals surface area contributed by atoms with E-state index < -0.39 is 6.04 Å². The normalized spacial score (nSPS) is 14.6. The molecule has 1 saturated carbocycles. The number of aromatic nitrogens is 1. The molecule has 0 spiro atoms. The van der Waals surface area contributed by atoms with Crippen molar-refractivity contribution in [3.63, 3.8) is 0 Å². The minimum atomic E-state index is -0.921. The molecule has 35 heavy (non-hydrogen) atoms. The fraction of sp³-hybridized carbons (Fsp3) is 0.321. The number of benzene rings is 2. The first-order valence-corrected chi connectivity index (χ1v) is 11.9. The Labute approximate surface area is 206 Å². The summed E-state index contributed by atoms with van der Waals surface area (Å²) in [5.41, 5.74) is 1.47. The highest BCUT2D eigenvalue weighted by Gasteiger charge is 2.35. The van der Waals surface area contributed by atoms with Crippen LogP contribution in [0, 0.1) is 0 Å². The molecular formula is C28H31N3O4. The summed E-state index contributed by atoms with van der Waals surface area (Å²) in [5, 5.41) is 3.22. The molecule has 2 amide bonds. The van der Waals surface area contributed by atoms with Gasteiger partial charge in [0.05, 0.1) is 14.2 Å². The fourth-order valence-corrected chi connectivity index (χ4v) is 4.50. The van der Waals surface area contributed by atoms with Crippen LogP contribution in [0.4, 0.5) is 5.69 Å². The summed E-state index contributed by atoms with van der Waals surface area (Å²) in [6.45, 7) is 0. The molecule has 1 aliphatic carbocycles. The van der Waals surface area contributed by atoms with Gasteiger partial charge in [-0.05, 0) is 66.9 Å². The van der Waals surface area contributed by atoms with Crippen LogP contribution in [0.5, 0.6) is 11.5 Å². The lowest BCUT2D eigenvalue weighted by Gasteiger charge is -2.33. The molecule has 0 unspecified atom stereocenters. The molecule has 0 bridgehead atoms. The Hall–Kier alpha value is -3.87. The van der Waals surface area contributed by atoms with Gasteiger partial charge in [0, 0.05) is 17.9 Å². The summed E-state index contributed by atoms with van der Waals surface area (Å²) in [6, 6.07) is 18.7. The van der Waals surface area contributed by atoms with Gasteiger partial charge in [-0.1, -0.05) is 37.5 Å². The van der Waals surface area contributed by atoms with Crippen LogP contribution >= 0.6 is 0 Å². The van der Waals surface area contributed by atoms with Crippen LogP contribution in [-0.4, -0.2) is 37.1 Å². The van der Waals surface area contributed by atoms with Gasteiger partial charge in [0.2, 0.25) is 5.91 Å². The van der Waals surface area contributed by atoms with Gasteiger partial charge in [-0.25, -0.2) is 0 Å². The van der Waals surface area contributed by atoms with Crippen LogP contribution in [-0.2, 0) is 4.79 Å². The zero-order valence-electron chi connectivity index (χ0n) is 20.1. The number of amides is 2. The maximum absolute atomic E-state index is 13.9. The molecule has 2 aromatic carbocycles. The van der Waals surface area contributed by atoms with Crippen molar-refractivity contribution in [2.24, 2.45) is 0 Å². The van der Waals surface area contributed by atoms with Crippen molar-refractivity contribution >= 4 is 17.5 Å². The van der Waals surface area contributed by atoms with Crippen LogP contribution in [0.1, 0.15) is 54.2 Å². The number of carbonyl (C=O) groups excluding carboxylic acids is 2. The molecule has 182 valence electrons. The number of nitrogens with zero attached hydrogens (tertiary/aromatic N) is 2. The highest BCUT2D eigenvalue weighted by molar-refractivity contribution is 6.09. The second-order valence-electron chi connectivity index (χ2n) is 8.61. The van der Waals surface area contributed by atoms with Gasteiger partial charge < -0.3 is 14.8 Å². The number of anilines is 1. The second-order valence-corrected chi connectivity index (χ2v) is 8.61. The quantitative estimate of drug-likeness (QED) is 0.501. The van der Waals surface area contributed by atoms with Crippen LogP contribution in [0.15, 0.2) is 72.9 Å². The molecule has 1 atom stereocenters. The van der Waals surface area contributed by atoms with E-state index >= 15 is 0 Å². The van der Waals surface area contributed by atoms with Gasteiger partial charge in [-0.15, -0.1) is 0 Å². The van der Waals surface area contributed by atoms with Gasteiger partial charge in [0.1, 0.15) is 23.2 Å². The van der Waals surface area contributed by atoms with E-state index in [4.69, 9.17) is 9.47 Å². The Morgan fingerprint density at radius 3 is 2.31 bits per heavy atom. The van der Waals surface area contributed by atoms with E-state index in [1.165, 1.54) is 11.3 Å². The first-order valence-electron chi connectivity index (χ1n) is 11.9. The van der Waals surface area contributed by atoms with Gasteiger partial charge in [-0.2, -0.15) is 0 Å². The standard InChI is InChI=1S/C28H31N3O4/c1-34-23-16-14-22(15-17-23)31(28(33)25-13-6-7-18-29-25)26(20-9-8-12-24(19-20)35-2)27(32)30-21-10-4-3-5-11-21/h6-9,12-19,21,26H,3-5,10-11H2,1-2H3,(H,30,32)/t26-/m1/s1. The molecule has 0 saturated heterocycles. The number of methoxy groups -OCH3 is 2. The Kier molecular flexibility index (Phi) is 7.98. The molecule has 4 rings (SSSR count). The number of rotatable bonds is 8. The molecule has 1 fully saturated rings. The van der Waals surface area contributed by atoms with Crippen molar-refractivity contribution in [2.45, 2.75) is 44.2 Å². The number of hydrogen-bond donors (Lipinski definition) is 1. The Morgan fingerprint density at radius 1 is 0.914 bits per heavy atom. The van der Waals surface area contributed by atoms with E-state index in [0.29, 0.717) is 22.7 Å². The number of nitrogens with one attached hydrogen (secondary N) is 1. The van der Waals surface area contributed by atoms with Crippen LogP contribution in [0.3, 0.4) is 0 Å². The van der Waals surface area contributed by atoms with Gasteiger partial charge in [0.25, 0.3) is 5.91 Å². The lowest BCUT2D eigenvalue weighted by Crippen LogP contribution is -2.47. The minimum Gasteiger partial charge on any atom is -0.497 e. The predicted octanol–water partition coefficient (Wildman–Crippen LogP) is 4.94. The van der Waals surface area contributed by atoms with Crippen molar-refractivity contribution in [3.8, 4) is 11.5 Å². The first kappa shape index (κ1) is 24.3. The number of pyridine rings is 1. The van der Waals surface area contributed by atoms with Crippen molar-refractivity contribution in [1.29, 1.82) is 0 Å². The SMILES string of the molecule is COc1ccc(N(C(=O)c2ccccn2)[C@@H](C(=O)NC2CCCCC2)c2cccc(OC)c2)cc1. The van der Waals surface area contributed by atoms with E-state index in [0.717, 1.165) is 25.7 Å². The Balaban J connectivity index is 1.81. The molecule has 1 heterocycles. The smallest absolute Gasteiger partial charge is 0.277 e. The summed E-state index contributed by atoms with van der Waals surface area (Å²) in [6.07, 6.45) is 6.80. The molecule has 0 radical (unpaired) electrons. The topological polar surface area (TPSA) is 80.8 Å². The third kappa shape index (κ3) is 5.80. The molecule has 0 aliphatic heterocycles. The highest BCUT2D eigenvalue weighted by Crippen LogP contribution is 2.33. The second kappa shape index (κ2) is 11.5. The first-order chi connectivity index (χ1) is 17.1. The molecular weight excluding hydrogens is 442 g/mol. The monoisotopic (exact) mass is 473 g/mol. The highest BCUT2D eigenvalue weighted by atomic mass is 16.5. The third-order valence-electron chi connectivity index (χ3n) is 6.32. The van der Waals surface area contributed by atoms with Crippen molar-refractivity contribution in [1.82, 2.24) is 10.3 Å². The lowest BCUT2D eigenvalue weighted by atomic mass is 9.94. The molecule has 1 aromatic heterocycles. The molecule has 7 nitrogen and oxygen atoms in total. The van der Waals surface area contributed by atoms with Crippen molar-refractivity contribution in [2.75, 3.05) is 19.1 Å². The van der Waals surface area contributed by atoms with Crippen LogP contribution in [0.2, 0.25) is 0 Å². The Morgan fingerprint density at radius 2 is 1.66 bits per heavy atom. The predicted molar refractivity (Wildman–Crippen MR) is 135 cm³/mol. The summed E-state index contributed by atoms with van der Waals surface area (Å²) in [4.78, 5) is 33.6. The van der Waals surface area contributed by atoms with E-state index in [1.807, 2.05) is 18.2 Å². The number of hydrogen-bond acceptors (Lipinski definition) is 5. The summed E-state index contributed by atoms with van der Waals surface area (Å²) in [7, 11) is 3.17. The fourth-order valence-electron chi connectivity index (χ4n) is 4.50. The van der Waals surface area contributed by atoms with Crippen molar-refractivity contribution < 1.29 is 19.1 Å². The molecule has 3 aromatic rings. The Bertz CT molecular complexity index is 1130. The van der Waals surface area contributed by atoms with Gasteiger partial charge >= 0.3 is 0 Å². The van der Waals surface area contributed by atoms with E-state index in [9.17, 15) is 9.59 Å². The zero-order valence-corrected chi connectivity index (χ0v) is 20.1.